The SMILES string of the molecule is Cc1ccc(-c2nc3cccc(CN)n3n2)s1. The van der Waals surface area contributed by atoms with E-state index in [-0.39, 0.29) is 0 Å². The minimum atomic E-state index is 0.462. The lowest BCUT2D eigenvalue weighted by molar-refractivity contribution is 0.853. The molecule has 0 aliphatic rings. The first-order valence-corrected chi connectivity index (χ1v) is 6.21. The van der Waals surface area contributed by atoms with Gasteiger partial charge in [-0.25, -0.2) is 9.50 Å². The molecule has 0 atom stereocenters. The van der Waals surface area contributed by atoms with E-state index in [4.69, 9.17) is 5.73 Å². The van der Waals surface area contributed by atoms with Gasteiger partial charge in [-0.2, -0.15) is 0 Å². The number of aryl methyl sites for hydroxylation is 1. The van der Waals surface area contributed by atoms with Crippen LogP contribution in [0.4, 0.5) is 0 Å². The Hall–Kier alpha value is -1.72. The smallest absolute Gasteiger partial charge is 0.192 e. The van der Waals surface area contributed by atoms with E-state index in [9.17, 15) is 0 Å². The van der Waals surface area contributed by atoms with Gasteiger partial charge in [0.05, 0.1) is 10.6 Å². The maximum Gasteiger partial charge on any atom is 0.192 e. The monoisotopic (exact) mass is 244 g/mol. The molecule has 5 heteroatoms. The maximum absolute atomic E-state index is 5.68. The Morgan fingerprint density at radius 2 is 2.18 bits per heavy atom. The number of aromatic nitrogens is 3. The topological polar surface area (TPSA) is 56.2 Å². The molecule has 0 aliphatic heterocycles. The van der Waals surface area contributed by atoms with E-state index in [2.05, 4.69) is 29.1 Å². The fourth-order valence-corrected chi connectivity index (χ4v) is 2.57. The summed E-state index contributed by atoms with van der Waals surface area (Å²) in [4.78, 5) is 6.87. The van der Waals surface area contributed by atoms with E-state index < -0.39 is 0 Å². The number of rotatable bonds is 2. The number of hydrogen-bond acceptors (Lipinski definition) is 4. The summed E-state index contributed by atoms with van der Waals surface area (Å²) in [6.45, 7) is 2.54. The highest BCUT2D eigenvalue weighted by Crippen LogP contribution is 2.25. The Morgan fingerprint density at radius 1 is 1.29 bits per heavy atom. The highest BCUT2D eigenvalue weighted by Gasteiger charge is 2.09. The van der Waals surface area contributed by atoms with Gasteiger partial charge in [0.15, 0.2) is 11.5 Å². The first-order valence-electron chi connectivity index (χ1n) is 5.39. The van der Waals surface area contributed by atoms with Gasteiger partial charge in [0.25, 0.3) is 0 Å². The van der Waals surface area contributed by atoms with Crippen LogP contribution in [0.5, 0.6) is 0 Å². The van der Waals surface area contributed by atoms with Crippen LogP contribution >= 0.6 is 11.3 Å². The molecule has 2 N–H and O–H groups in total. The zero-order valence-corrected chi connectivity index (χ0v) is 10.2. The van der Waals surface area contributed by atoms with Gasteiger partial charge in [0.1, 0.15) is 0 Å². The van der Waals surface area contributed by atoms with Crippen LogP contribution < -0.4 is 5.73 Å². The minimum Gasteiger partial charge on any atom is -0.325 e. The van der Waals surface area contributed by atoms with Crippen molar-refractivity contribution in [2.24, 2.45) is 5.73 Å². The normalized spacial score (nSPS) is 11.2. The Morgan fingerprint density at radius 3 is 2.88 bits per heavy atom. The molecular formula is C12H12N4S. The zero-order valence-electron chi connectivity index (χ0n) is 9.42. The molecule has 17 heavy (non-hydrogen) atoms. The van der Waals surface area contributed by atoms with Gasteiger partial charge in [-0.05, 0) is 31.2 Å². The second-order valence-corrected chi connectivity index (χ2v) is 5.12. The lowest BCUT2D eigenvalue weighted by Crippen LogP contribution is -2.04. The average Bonchev–Trinajstić information content (AvgIpc) is 2.93. The van der Waals surface area contributed by atoms with E-state index >= 15 is 0 Å². The Bertz CT molecular complexity index is 668. The van der Waals surface area contributed by atoms with Crippen LogP contribution in [0.25, 0.3) is 16.3 Å². The largest absolute Gasteiger partial charge is 0.325 e. The molecule has 0 bridgehead atoms. The van der Waals surface area contributed by atoms with Crippen LogP contribution in [-0.2, 0) is 6.54 Å². The summed E-state index contributed by atoms with van der Waals surface area (Å²) >= 11 is 1.70. The molecule has 0 saturated carbocycles. The number of hydrogen-bond donors (Lipinski definition) is 1. The first kappa shape index (κ1) is 10.4. The molecule has 86 valence electrons. The minimum absolute atomic E-state index is 0.462. The summed E-state index contributed by atoms with van der Waals surface area (Å²) in [7, 11) is 0. The zero-order chi connectivity index (χ0) is 11.8. The number of fused-ring (bicyclic) bond motifs is 1. The van der Waals surface area contributed by atoms with E-state index in [1.54, 1.807) is 11.3 Å². The summed E-state index contributed by atoms with van der Waals surface area (Å²) < 4.78 is 1.81. The molecule has 4 nitrogen and oxygen atoms in total. The summed E-state index contributed by atoms with van der Waals surface area (Å²) in [5, 5.41) is 4.50. The first-order chi connectivity index (χ1) is 8.28. The highest BCUT2D eigenvalue weighted by molar-refractivity contribution is 7.15. The van der Waals surface area contributed by atoms with Crippen molar-refractivity contribution < 1.29 is 0 Å². The number of nitrogens with zero attached hydrogens (tertiary/aromatic N) is 3. The molecule has 3 heterocycles. The molecule has 0 aromatic carbocycles. The predicted octanol–water partition coefficient (Wildman–Crippen LogP) is 2.22. The summed E-state index contributed by atoms with van der Waals surface area (Å²) in [5.41, 5.74) is 7.49. The van der Waals surface area contributed by atoms with Crippen molar-refractivity contribution in [1.82, 2.24) is 14.6 Å². The van der Waals surface area contributed by atoms with Gasteiger partial charge in [-0.3, -0.25) is 0 Å². The Labute approximate surface area is 103 Å². The highest BCUT2D eigenvalue weighted by atomic mass is 32.1. The fourth-order valence-electron chi connectivity index (χ4n) is 1.77. The van der Waals surface area contributed by atoms with Gasteiger partial charge < -0.3 is 5.73 Å². The van der Waals surface area contributed by atoms with E-state index in [1.165, 1.54) is 4.88 Å². The number of thiophene rings is 1. The Balaban J connectivity index is 2.19. The maximum atomic E-state index is 5.68. The predicted molar refractivity (Wildman–Crippen MR) is 68.9 cm³/mol. The third-order valence-electron chi connectivity index (χ3n) is 2.61. The van der Waals surface area contributed by atoms with Crippen molar-refractivity contribution in [2.45, 2.75) is 13.5 Å². The van der Waals surface area contributed by atoms with Crippen LogP contribution in [0.2, 0.25) is 0 Å². The molecule has 3 aromatic heterocycles. The van der Waals surface area contributed by atoms with Gasteiger partial charge in [-0.15, -0.1) is 16.4 Å². The molecule has 3 rings (SSSR count). The Kier molecular flexibility index (Phi) is 2.42. The summed E-state index contributed by atoms with van der Waals surface area (Å²) in [6, 6.07) is 9.99. The number of pyridine rings is 1. The lowest BCUT2D eigenvalue weighted by Gasteiger charge is -1.98. The fraction of sp³-hybridized carbons (Fsp3) is 0.167. The van der Waals surface area contributed by atoms with Crippen molar-refractivity contribution in [3.8, 4) is 10.7 Å². The van der Waals surface area contributed by atoms with Crippen molar-refractivity contribution in [2.75, 3.05) is 0 Å². The van der Waals surface area contributed by atoms with Crippen LogP contribution in [0.3, 0.4) is 0 Å². The molecule has 0 spiro atoms. The van der Waals surface area contributed by atoms with Crippen molar-refractivity contribution >= 4 is 17.0 Å². The van der Waals surface area contributed by atoms with Crippen LogP contribution in [-0.4, -0.2) is 14.6 Å². The molecule has 0 unspecified atom stereocenters. The van der Waals surface area contributed by atoms with Crippen molar-refractivity contribution in [3.63, 3.8) is 0 Å². The third-order valence-corrected chi connectivity index (χ3v) is 3.60. The van der Waals surface area contributed by atoms with E-state index in [0.717, 1.165) is 22.0 Å². The lowest BCUT2D eigenvalue weighted by atomic mass is 10.3. The van der Waals surface area contributed by atoms with Crippen molar-refractivity contribution in [3.05, 3.63) is 40.9 Å². The second kappa shape index (κ2) is 3.94. The number of nitrogens with two attached hydrogens (primary N) is 1. The standard InChI is InChI=1S/C12H12N4S/c1-8-5-6-10(17-8)12-14-11-4-2-3-9(7-13)16(11)15-12/h2-6H,7,13H2,1H3. The molecule has 0 saturated heterocycles. The molecule has 0 radical (unpaired) electrons. The average molecular weight is 244 g/mol. The van der Waals surface area contributed by atoms with Gasteiger partial charge in [0, 0.05) is 11.4 Å². The quantitative estimate of drug-likeness (QED) is 0.752. The van der Waals surface area contributed by atoms with Crippen LogP contribution in [0.1, 0.15) is 10.6 Å². The molecule has 0 aliphatic carbocycles. The van der Waals surface area contributed by atoms with E-state index in [0.29, 0.717) is 6.54 Å². The van der Waals surface area contributed by atoms with Gasteiger partial charge in [0.2, 0.25) is 0 Å². The third kappa shape index (κ3) is 1.73. The molecule has 0 amide bonds. The summed E-state index contributed by atoms with van der Waals surface area (Å²) in [5.74, 6) is 0.768. The van der Waals surface area contributed by atoms with E-state index in [1.807, 2.05) is 22.7 Å². The molecule has 3 aromatic rings. The van der Waals surface area contributed by atoms with Crippen molar-refractivity contribution in [1.29, 1.82) is 0 Å². The summed E-state index contributed by atoms with van der Waals surface area (Å²) in [6.07, 6.45) is 0. The van der Waals surface area contributed by atoms with Gasteiger partial charge in [-0.1, -0.05) is 6.07 Å². The van der Waals surface area contributed by atoms with Crippen LogP contribution in [0.15, 0.2) is 30.3 Å². The van der Waals surface area contributed by atoms with Gasteiger partial charge >= 0.3 is 0 Å². The van der Waals surface area contributed by atoms with Crippen LogP contribution in [0, 0.1) is 6.92 Å². The molecular weight excluding hydrogens is 232 g/mol. The second-order valence-electron chi connectivity index (χ2n) is 3.84. The molecule has 0 fully saturated rings.